The van der Waals surface area contributed by atoms with Gasteiger partial charge in [0.1, 0.15) is 0 Å². The predicted molar refractivity (Wildman–Crippen MR) is 105 cm³/mol. The van der Waals surface area contributed by atoms with E-state index >= 15 is 0 Å². The highest BCUT2D eigenvalue weighted by Crippen LogP contribution is 2.21. The fourth-order valence-electron chi connectivity index (χ4n) is 3.46. The molecule has 3 aromatic carbocycles. The monoisotopic (exact) mass is 331 g/mol. The maximum atomic E-state index is 12.4. The maximum Gasteiger partial charge on any atom is 0.220 e. The summed E-state index contributed by atoms with van der Waals surface area (Å²) in [7, 11) is 0. The van der Waals surface area contributed by atoms with Gasteiger partial charge in [0.15, 0.2) is 0 Å². The summed E-state index contributed by atoms with van der Waals surface area (Å²) in [4.78, 5) is 12.4. The molecule has 0 aliphatic carbocycles. The average molecular weight is 331 g/mol. The molecule has 0 aromatic heterocycles. The smallest absolute Gasteiger partial charge is 0.220 e. The first-order chi connectivity index (χ1) is 12.0. The zero-order valence-corrected chi connectivity index (χ0v) is 15.2. The first-order valence-corrected chi connectivity index (χ1v) is 8.88. The molecule has 128 valence electrons. The molecule has 0 aliphatic rings. The number of hydrogen-bond acceptors (Lipinski definition) is 1. The largest absolute Gasteiger partial charge is 0.350 e. The second kappa shape index (κ2) is 7.52. The Labute approximate surface area is 149 Å². The van der Waals surface area contributed by atoms with Crippen LogP contribution in [0.4, 0.5) is 0 Å². The van der Waals surface area contributed by atoms with Gasteiger partial charge >= 0.3 is 0 Å². The van der Waals surface area contributed by atoms with Crippen molar-refractivity contribution in [1.29, 1.82) is 0 Å². The van der Waals surface area contributed by atoms with Gasteiger partial charge in [-0.15, -0.1) is 0 Å². The summed E-state index contributed by atoms with van der Waals surface area (Å²) in [6.45, 7) is 6.23. The number of aryl methyl sites for hydroxylation is 3. The van der Waals surface area contributed by atoms with Gasteiger partial charge in [0.2, 0.25) is 5.91 Å². The van der Waals surface area contributed by atoms with Crippen LogP contribution in [0.3, 0.4) is 0 Å². The second-order valence-electron chi connectivity index (χ2n) is 6.79. The van der Waals surface area contributed by atoms with Gasteiger partial charge in [-0.2, -0.15) is 0 Å². The minimum atomic E-state index is 0.0283. The lowest BCUT2D eigenvalue weighted by atomic mass is 9.99. The predicted octanol–water partition coefficient (Wildman–Crippen LogP) is 5.27. The Hall–Kier alpha value is -2.61. The molecular formula is C23H25NO. The lowest BCUT2D eigenvalue weighted by molar-refractivity contribution is -0.121. The molecular weight excluding hydrogens is 306 g/mol. The van der Waals surface area contributed by atoms with Gasteiger partial charge in [0.05, 0.1) is 6.04 Å². The molecule has 1 N–H and O–H groups in total. The van der Waals surface area contributed by atoms with Crippen LogP contribution in [0.25, 0.3) is 10.8 Å². The van der Waals surface area contributed by atoms with Crippen LogP contribution in [0.5, 0.6) is 0 Å². The number of rotatable bonds is 5. The molecule has 25 heavy (non-hydrogen) atoms. The van der Waals surface area contributed by atoms with Crippen molar-refractivity contribution in [3.8, 4) is 0 Å². The van der Waals surface area contributed by atoms with Gasteiger partial charge in [-0.25, -0.2) is 0 Å². The van der Waals surface area contributed by atoms with Crippen molar-refractivity contribution >= 4 is 16.7 Å². The number of carbonyl (C=O) groups is 1. The Morgan fingerprint density at radius 1 is 1.00 bits per heavy atom. The number of fused-ring (bicyclic) bond motifs is 1. The second-order valence-corrected chi connectivity index (χ2v) is 6.79. The van der Waals surface area contributed by atoms with Crippen molar-refractivity contribution in [2.24, 2.45) is 0 Å². The van der Waals surface area contributed by atoms with Crippen LogP contribution in [0.15, 0.2) is 60.7 Å². The summed E-state index contributed by atoms with van der Waals surface area (Å²) >= 11 is 0. The zero-order chi connectivity index (χ0) is 17.8. The van der Waals surface area contributed by atoms with Crippen molar-refractivity contribution in [1.82, 2.24) is 5.32 Å². The van der Waals surface area contributed by atoms with Crippen LogP contribution in [0, 0.1) is 13.8 Å². The number of amides is 1. The topological polar surface area (TPSA) is 29.1 Å². The first kappa shape index (κ1) is 17.2. The molecule has 0 unspecified atom stereocenters. The van der Waals surface area contributed by atoms with Gasteiger partial charge in [0, 0.05) is 6.42 Å². The fourth-order valence-corrected chi connectivity index (χ4v) is 3.46. The fraction of sp³-hybridized carbons (Fsp3) is 0.261. The number of nitrogens with one attached hydrogen (secondary N) is 1. The lowest BCUT2D eigenvalue weighted by Crippen LogP contribution is -2.27. The standard InChI is InChI=1S/C23H25NO/c1-16-11-13-21(17(2)15-16)18(3)24-23(25)14-12-20-9-6-8-19-7-4-5-10-22(19)20/h4-11,13,15,18H,12,14H2,1-3H3,(H,24,25)/t18-/m1/s1. The Kier molecular flexibility index (Phi) is 5.18. The van der Waals surface area contributed by atoms with Crippen LogP contribution in [0.2, 0.25) is 0 Å². The van der Waals surface area contributed by atoms with Crippen molar-refractivity contribution in [3.05, 3.63) is 82.9 Å². The average Bonchev–Trinajstić information content (AvgIpc) is 2.59. The van der Waals surface area contributed by atoms with Gasteiger partial charge in [-0.05, 0) is 54.7 Å². The summed E-state index contributed by atoms with van der Waals surface area (Å²) < 4.78 is 0. The van der Waals surface area contributed by atoms with Gasteiger partial charge < -0.3 is 5.32 Å². The highest BCUT2D eigenvalue weighted by molar-refractivity contribution is 5.86. The van der Waals surface area contributed by atoms with E-state index in [2.05, 4.69) is 67.7 Å². The minimum Gasteiger partial charge on any atom is -0.350 e. The molecule has 1 atom stereocenters. The van der Waals surface area contributed by atoms with E-state index < -0.39 is 0 Å². The van der Waals surface area contributed by atoms with Crippen LogP contribution in [-0.4, -0.2) is 5.91 Å². The van der Waals surface area contributed by atoms with Crippen LogP contribution in [0.1, 0.15) is 41.6 Å². The number of carbonyl (C=O) groups excluding carboxylic acids is 1. The first-order valence-electron chi connectivity index (χ1n) is 8.88. The summed E-state index contributed by atoms with van der Waals surface area (Å²) in [5, 5.41) is 5.60. The molecule has 0 aliphatic heterocycles. The Morgan fingerprint density at radius 3 is 2.56 bits per heavy atom. The summed E-state index contributed by atoms with van der Waals surface area (Å²) in [5.41, 5.74) is 4.88. The molecule has 2 heteroatoms. The third kappa shape index (κ3) is 4.08. The lowest BCUT2D eigenvalue weighted by Gasteiger charge is -2.17. The molecule has 2 nitrogen and oxygen atoms in total. The third-order valence-corrected chi connectivity index (χ3v) is 4.77. The molecule has 0 bridgehead atoms. The molecule has 0 spiro atoms. The number of hydrogen-bond donors (Lipinski definition) is 1. The molecule has 1 amide bonds. The highest BCUT2D eigenvalue weighted by Gasteiger charge is 2.12. The van der Waals surface area contributed by atoms with Crippen LogP contribution >= 0.6 is 0 Å². The van der Waals surface area contributed by atoms with Crippen molar-refractivity contribution in [2.45, 2.75) is 39.7 Å². The SMILES string of the molecule is Cc1ccc([C@@H](C)NC(=O)CCc2cccc3ccccc23)c(C)c1. The van der Waals surface area contributed by atoms with Crippen molar-refractivity contribution < 1.29 is 4.79 Å². The van der Waals surface area contributed by atoms with E-state index in [-0.39, 0.29) is 11.9 Å². The van der Waals surface area contributed by atoms with Crippen molar-refractivity contribution in [2.75, 3.05) is 0 Å². The van der Waals surface area contributed by atoms with E-state index in [1.54, 1.807) is 0 Å². The Morgan fingerprint density at radius 2 is 1.76 bits per heavy atom. The quantitative estimate of drug-likeness (QED) is 0.678. The summed E-state index contributed by atoms with van der Waals surface area (Å²) in [6.07, 6.45) is 1.26. The van der Waals surface area contributed by atoms with E-state index in [9.17, 15) is 4.79 Å². The van der Waals surface area contributed by atoms with E-state index in [0.29, 0.717) is 6.42 Å². The van der Waals surface area contributed by atoms with Crippen LogP contribution < -0.4 is 5.32 Å². The molecule has 0 fully saturated rings. The molecule has 3 rings (SSSR count). The van der Waals surface area contributed by atoms with Crippen molar-refractivity contribution in [3.63, 3.8) is 0 Å². The summed E-state index contributed by atoms with van der Waals surface area (Å²) in [5.74, 6) is 0.0976. The Bertz CT molecular complexity index is 892. The molecule has 0 heterocycles. The van der Waals surface area contributed by atoms with Crippen LogP contribution in [-0.2, 0) is 11.2 Å². The maximum absolute atomic E-state index is 12.4. The number of benzene rings is 3. The normalized spacial score (nSPS) is 12.1. The molecule has 0 saturated carbocycles. The minimum absolute atomic E-state index is 0.0283. The third-order valence-electron chi connectivity index (χ3n) is 4.77. The summed E-state index contributed by atoms with van der Waals surface area (Å²) in [6, 6.07) is 21.0. The molecule has 3 aromatic rings. The van der Waals surface area contributed by atoms with E-state index in [1.165, 1.54) is 33.0 Å². The molecule has 0 saturated heterocycles. The van der Waals surface area contributed by atoms with Gasteiger partial charge in [-0.1, -0.05) is 66.2 Å². The van der Waals surface area contributed by atoms with Gasteiger partial charge in [-0.3, -0.25) is 4.79 Å². The van der Waals surface area contributed by atoms with E-state index in [1.807, 2.05) is 19.1 Å². The molecule has 0 radical (unpaired) electrons. The Balaban J connectivity index is 1.64. The van der Waals surface area contributed by atoms with Gasteiger partial charge in [0.25, 0.3) is 0 Å². The highest BCUT2D eigenvalue weighted by atomic mass is 16.1. The zero-order valence-electron chi connectivity index (χ0n) is 15.2. The van der Waals surface area contributed by atoms with E-state index in [0.717, 1.165) is 6.42 Å². The van der Waals surface area contributed by atoms with E-state index in [4.69, 9.17) is 0 Å².